The van der Waals surface area contributed by atoms with E-state index in [1.165, 1.54) is 0 Å². The van der Waals surface area contributed by atoms with Crippen molar-refractivity contribution in [2.24, 2.45) is 5.73 Å². The van der Waals surface area contributed by atoms with Gasteiger partial charge in [0, 0.05) is 45.8 Å². The van der Waals surface area contributed by atoms with Crippen LogP contribution in [0.15, 0.2) is 0 Å². The summed E-state index contributed by atoms with van der Waals surface area (Å²) < 4.78 is 5.83. The lowest BCUT2D eigenvalue weighted by Crippen LogP contribution is -2.55. The predicted molar refractivity (Wildman–Crippen MR) is 81.5 cm³/mol. The maximum absolute atomic E-state index is 5.83. The molecule has 0 aromatic carbocycles. The number of nitrogens with two attached hydrogens (primary N) is 1. The number of likely N-dealkylation sites (N-methyl/N-ethyl adjacent to an activating group) is 1. The van der Waals surface area contributed by atoms with Gasteiger partial charge in [0.15, 0.2) is 0 Å². The SMILES string of the molecule is CC(C(N)=S)N1CCN(CC2CN(C)CCO2)CC1. The first kappa shape index (κ1) is 15.1. The maximum Gasteiger partial charge on any atom is 0.0899 e. The molecule has 2 saturated heterocycles. The van der Waals surface area contributed by atoms with Crippen LogP contribution in [-0.2, 0) is 4.74 Å². The van der Waals surface area contributed by atoms with Gasteiger partial charge in [0.2, 0.25) is 0 Å². The number of ether oxygens (including phenoxy) is 1. The summed E-state index contributed by atoms with van der Waals surface area (Å²) >= 11 is 5.07. The number of thiocarbonyl (C=S) groups is 1. The van der Waals surface area contributed by atoms with Crippen LogP contribution in [0.3, 0.4) is 0 Å². The minimum Gasteiger partial charge on any atom is -0.392 e. The van der Waals surface area contributed by atoms with Crippen LogP contribution < -0.4 is 5.73 Å². The first-order valence-corrected chi connectivity index (χ1v) is 7.53. The van der Waals surface area contributed by atoms with Crippen molar-refractivity contribution in [3.05, 3.63) is 0 Å². The number of hydrogen-bond acceptors (Lipinski definition) is 5. The molecule has 2 aliphatic heterocycles. The summed E-state index contributed by atoms with van der Waals surface area (Å²) in [6, 6.07) is 0.217. The van der Waals surface area contributed by atoms with E-state index >= 15 is 0 Å². The number of morpholine rings is 1. The van der Waals surface area contributed by atoms with E-state index in [2.05, 4.69) is 28.7 Å². The van der Waals surface area contributed by atoms with Crippen molar-refractivity contribution in [3.8, 4) is 0 Å². The van der Waals surface area contributed by atoms with Crippen LogP contribution in [0, 0.1) is 0 Å². The molecule has 2 fully saturated rings. The van der Waals surface area contributed by atoms with Crippen molar-refractivity contribution in [2.45, 2.75) is 19.1 Å². The van der Waals surface area contributed by atoms with Crippen molar-refractivity contribution in [1.29, 1.82) is 0 Å². The van der Waals surface area contributed by atoms with Crippen molar-refractivity contribution >= 4 is 17.2 Å². The summed E-state index contributed by atoms with van der Waals surface area (Å²) in [5.74, 6) is 0. The summed E-state index contributed by atoms with van der Waals surface area (Å²) in [7, 11) is 2.16. The van der Waals surface area contributed by atoms with E-state index in [0.29, 0.717) is 11.1 Å². The molecule has 19 heavy (non-hydrogen) atoms. The molecule has 0 aliphatic carbocycles. The Balaban J connectivity index is 1.72. The zero-order valence-electron chi connectivity index (χ0n) is 12.0. The molecule has 2 aliphatic rings. The van der Waals surface area contributed by atoms with Gasteiger partial charge in [-0.1, -0.05) is 12.2 Å². The minimum atomic E-state index is 0.217. The molecule has 0 spiro atoms. The quantitative estimate of drug-likeness (QED) is 0.710. The number of piperazine rings is 1. The monoisotopic (exact) mass is 286 g/mol. The second-order valence-corrected chi connectivity index (χ2v) is 6.14. The van der Waals surface area contributed by atoms with Gasteiger partial charge in [-0.05, 0) is 14.0 Å². The molecule has 2 heterocycles. The summed E-state index contributed by atoms with van der Waals surface area (Å²) in [5, 5.41) is 0. The van der Waals surface area contributed by atoms with Gasteiger partial charge < -0.3 is 15.4 Å². The molecule has 6 heteroatoms. The van der Waals surface area contributed by atoms with Crippen molar-refractivity contribution in [3.63, 3.8) is 0 Å². The van der Waals surface area contributed by atoms with Crippen molar-refractivity contribution in [1.82, 2.24) is 14.7 Å². The summed E-state index contributed by atoms with van der Waals surface area (Å²) in [5.41, 5.74) is 5.72. The van der Waals surface area contributed by atoms with Crippen molar-refractivity contribution < 1.29 is 4.74 Å². The highest BCUT2D eigenvalue weighted by atomic mass is 32.1. The molecule has 2 rings (SSSR count). The van der Waals surface area contributed by atoms with Crippen LogP contribution >= 0.6 is 12.2 Å². The molecular formula is C13H26N4OS. The zero-order valence-corrected chi connectivity index (χ0v) is 12.9. The first-order chi connectivity index (χ1) is 9.06. The minimum absolute atomic E-state index is 0.217. The molecule has 2 unspecified atom stereocenters. The van der Waals surface area contributed by atoms with Crippen LogP contribution in [-0.4, -0.2) is 91.3 Å². The van der Waals surface area contributed by atoms with Gasteiger partial charge in [-0.2, -0.15) is 0 Å². The first-order valence-electron chi connectivity index (χ1n) is 7.12. The third-order valence-corrected chi connectivity index (χ3v) is 4.51. The zero-order chi connectivity index (χ0) is 13.8. The number of rotatable bonds is 4. The van der Waals surface area contributed by atoms with Crippen LogP contribution in [0.1, 0.15) is 6.92 Å². The molecule has 110 valence electrons. The fourth-order valence-electron chi connectivity index (χ4n) is 2.78. The molecule has 0 radical (unpaired) electrons. The Kier molecular flexibility index (Phi) is 5.53. The van der Waals surface area contributed by atoms with E-state index in [9.17, 15) is 0 Å². The molecule has 0 aromatic heterocycles. The van der Waals surface area contributed by atoms with Crippen LogP contribution in [0.25, 0.3) is 0 Å². The molecule has 0 aromatic rings. The van der Waals surface area contributed by atoms with Crippen LogP contribution in [0.2, 0.25) is 0 Å². The lowest BCUT2D eigenvalue weighted by atomic mass is 10.2. The standard InChI is InChI=1S/C13H26N4OS/c1-11(13(14)19)17-5-3-16(4-6-17)10-12-9-15(2)7-8-18-12/h11-12H,3-10H2,1-2H3,(H2,14,19). The van der Waals surface area contributed by atoms with Gasteiger partial charge >= 0.3 is 0 Å². The topological polar surface area (TPSA) is 45.0 Å². The van der Waals surface area contributed by atoms with Gasteiger partial charge in [-0.25, -0.2) is 0 Å². The van der Waals surface area contributed by atoms with Gasteiger partial charge in [0.05, 0.1) is 23.7 Å². The van der Waals surface area contributed by atoms with Gasteiger partial charge in [0.1, 0.15) is 0 Å². The Morgan fingerprint density at radius 1 is 1.32 bits per heavy atom. The average molecular weight is 286 g/mol. The lowest BCUT2D eigenvalue weighted by molar-refractivity contribution is -0.0414. The van der Waals surface area contributed by atoms with E-state index < -0.39 is 0 Å². The lowest BCUT2D eigenvalue weighted by Gasteiger charge is -2.40. The summed E-state index contributed by atoms with van der Waals surface area (Å²) in [4.78, 5) is 7.81. The van der Waals surface area contributed by atoms with Gasteiger partial charge in [-0.15, -0.1) is 0 Å². The molecule has 2 atom stereocenters. The fourth-order valence-corrected chi connectivity index (χ4v) is 2.93. The summed E-state index contributed by atoms with van der Waals surface area (Å²) in [6.45, 7) is 10.3. The van der Waals surface area contributed by atoms with E-state index in [1.54, 1.807) is 0 Å². The number of nitrogens with zero attached hydrogens (tertiary/aromatic N) is 3. The van der Waals surface area contributed by atoms with E-state index in [1.807, 2.05) is 0 Å². The summed E-state index contributed by atoms with van der Waals surface area (Å²) in [6.07, 6.45) is 0.360. The van der Waals surface area contributed by atoms with E-state index in [4.69, 9.17) is 22.7 Å². The Morgan fingerprint density at radius 2 is 2.00 bits per heavy atom. The Hall–Kier alpha value is -0.270. The van der Waals surface area contributed by atoms with Gasteiger partial charge in [-0.3, -0.25) is 9.80 Å². The fraction of sp³-hybridized carbons (Fsp3) is 0.923. The maximum atomic E-state index is 5.83. The second kappa shape index (κ2) is 6.95. The molecule has 0 amide bonds. The smallest absolute Gasteiger partial charge is 0.0899 e. The molecule has 0 saturated carbocycles. The van der Waals surface area contributed by atoms with E-state index in [0.717, 1.165) is 52.4 Å². The highest BCUT2D eigenvalue weighted by molar-refractivity contribution is 7.80. The number of hydrogen-bond donors (Lipinski definition) is 1. The normalized spacial score (nSPS) is 29.3. The van der Waals surface area contributed by atoms with E-state index in [-0.39, 0.29) is 6.04 Å². The van der Waals surface area contributed by atoms with Crippen LogP contribution in [0.5, 0.6) is 0 Å². The predicted octanol–water partition coefficient (Wildman–Crippen LogP) is -0.391. The van der Waals surface area contributed by atoms with Gasteiger partial charge in [0.25, 0.3) is 0 Å². The third-order valence-electron chi connectivity index (χ3n) is 4.17. The van der Waals surface area contributed by atoms with Crippen LogP contribution in [0.4, 0.5) is 0 Å². The molecule has 5 nitrogen and oxygen atoms in total. The van der Waals surface area contributed by atoms with Crippen molar-refractivity contribution in [2.75, 3.05) is 59.5 Å². The highest BCUT2D eigenvalue weighted by Crippen LogP contribution is 2.10. The largest absolute Gasteiger partial charge is 0.392 e. The molecular weight excluding hydrogens is 260 g/mol. The Labute approximate surface area is 121 Å². The molecule has 2 N–H and O–H groups in total. The Morgan fingerprint density at radius 3 is 2.58 bits per heavy atom. The second-order valence-electron chi connectivity index (χ2n) is 5.67. The third kappa shape index (κ3) is 4.36. The average Bonchev–Trinajstić information content (AvgIpc) is 2.39. The highest BCUT2D eigenvalue weighted by Gasteiger charge is 2.25. The Bertz CT molecular complexity index is 307. The molecule has 0 bridgehead atoms.